The lowest BCUT2D eigenvalue weighted by Gasteiger charge is -1.99. The summed E-state index contributed by atoms with van der Waals surface area (Å²) in [5.74, 6) is -0.446. The molecule has 0 spiro atoms. The molecule has 1 aromatic carbocycles. The number of nitrogens with one attached hydrogen (secondary N) is 2. The lowest BCUT2D eigenvalue weighted by Crippen LogP contribution is -2.11. The Bertz CT molecular complexity index is 1160. The molecule has 2 amide bonds. The minimum absolute atomic E-state index is 0.135. The van der Waals surface area contributed by atoms with Gasteiger partial charge in [0.25, 0.3) is 5.91 Å². The fourth-order valence-corrected chi connectivity index (χ4v) is 3.58. The molecule has 0 unspecified atom stereocenters. The third-order valence-electron chi connectivity index (χ3n) is 3.86. The maximum absolute atomic E-state index is 12.5. The SMILES string of the molecule is CC(=O)Nc1ccc2nc(NC(=O)c3cn4c(C)cccc4n3)sc2c1. The van der Waals surface area contributed by atoms with Crippen molar-refractivity contribution in [1.82, 2.24) is 14.4 Å². The van der Waals surface area contributed by atoms with Gasteiger partial charge < -0.3 is 9.72 Å². The second kappa shape index (κ2) is 6.23. The van der Waals surface area contributed by atoms with Gasteiger partial charge in [-0.1, -0.05) is 17.4 Å². The molecule has 3 aromatic heterocycles. The van der Waals surface area contributed by atoms with Gasteiger partial charge in [0.15, 0.2) is 5.13 Å². The molecule has 0 bridgehead atoms. The molecule has 4 rings (SSSR count). The van der Waals surface area contributed by atoms with Crippen molar-refractivity contribution >= 4 is 49.8 Å². The maximum Gasteiger partial charge on any atom is 0.277 e. The molecule has 7 nitrogen and oxygen atoms in total. The van der Waals surface area contributed by atoms with Crippen LogP contribution < -0.4 is 10.6 Å². The number of hydrogen-bond acceptors (Lipinski definition) is 5. The highest BCUT2D eigenvalue weighted by Gasteiger charge is 2.14. The van der Waals surface area contributed by atoms with Crippen molar-refractivity contribution in [3.63, 3.8) is 0 Å². The zero-order chi connectivity index (χ0) is 18.3. The number of imidazole rings is 1. The van der Waals surface area contributed by atoms with Gasteiger partial charge >= 0.3 is 0 Å². The average Bonchev–Trinajstić information content (AvgIpc) is 3.18. The van der Waals surface area contributed by atoms with Crippen LogP contribution in [0.2, 0.25) is 0 Å². The number of hydrogen-bond donors (Lipinski definition) is 2. The Kier molecular flexibility index (Phi) is 3.89. The fraction of sp³-hybridized carbons (Fsp3) is 0.111. The van der Waals surface area contributed by atoms with Gasteiger partial charge in [-0.05, 0) is 37.3 Å². The second-order valence-corrected chi connectivity index (χ2v) is 6.89. The van der Waals surface area contributed by atoms with Gasteiger partial charge in [0.1, 0.15) is 11.3 Å². The highest BCUT2D eigenvalue weighted by Crippen LogP contribution is 2.28. The quantitative estimate of drug-likeness (QED) is 0.582. The fourth-order valence-electron chi connectivity index (χ4n) is 2.68. The Balaban J connectivity index is 1.60. The molecule has 4 aromatic rings. The Morgan fingerprint density at radius 3 is 2.73 bits per heavy atom. The van der Waals surface area contributed by atoms with E-state index in [9.17, 15) is 9.59 Å². The van der Waals surface area contributed by atoms with E-state index >= 15 is 0 Å². The summed E-state index contributed by atoms with van der Waals surface area (Å²) >= 11 is 1.34. The smallest absolute Gasteiger partial charge is 0.277 e. The van der Waals surface area contributed by atoms with E-state index in [1.54, 1.807) is 18.3 Å². The van der Waals surface area contributed by atoms with Crippen LogP contribution in [0.25, 0.3) is 15.9 Å². The van der Waals surface area contributed by atoms with Crippen LogP contribution in [0.3, 0.4) is 0 Å². The summed E-state index contributed by atoms with van der Waals surface area (Å²) in [6, 6.07) is 11.1. The van der Waals surface area contributed by atoms with Gasteiger partial charge in [0.05, 0.1) is 10.2 Å². The predicted octanol–water partition coefficient (Wildman–Crippen LogP) is 3.46. The number of rotatable bonds is 3. The van der Waals surface area contributed by atoms with Crippen molar-refractivity contribution in [2.24, 2.45) is 0 Å². The molecular formula is C18H15N5O2S. The normalized spacial score (nSPS) is 11.0. The highest BCUT2D eigenvalue weighted by atomic mass is 32.1. The molecule has 3 heterocycles. The molecule has 0 fully saturated rings. The molecule has 26 heavy (non-hydrogen) atoms. The molecule has 0 atom stereocenters. The standard InChI is InChI=1S/C18H15N5O2S/c1-10-4-3-5-16-20-14(9-23(10)16)17(25)22-18-21-13-7-6-12(19-11(2)24)8-15(13)26-18/h3-9H,1-2H3,(H,19,24)(H,21,22,25). The maximum atomic E-state index is 12.5. The number of carbonyl (C=O) groups is 2. The van der Waals surface area contributed by atoms with Gasteiger partial charge in [-0.15, -0.1) is 0 Å². The summed E-state index contributed by atoms with van der Waals surface area (Å²) in [6.07, 6.45) is 1.71. The molecular weight excluding hydrogens is 350 g/mol. The number of anilines is 2. The summed E-state index contributed by atoms with van der Waals surface area (Å²) in [5, 5.41) is 6.01. The van der Waals surface area contributed by atoms with E-state index in [2.05, 4.69) is 20.6 Å². The number of aromatic nitrogens is 3. The van der Waals surface area contributed by atoms with Crippen molar-refractivity contribution in [1.29, 1.82) is 0 Å². The van der Waals surface area contributed by atoms with Gasteiger partial charge in [-0.2, -0.15) is 0 Å². The van der Waals surface area contributed by atoms with Gasteiger partial charge in [-0.3, -0.25) is 14.9 Å². The van der Waals surface area contributed by atoms with Crippen LogP contribution in [0.5, 0.6) is 0 Å². The third kappa shape index (κ3) is 3.02. The van der Waals surface area contributed by atoms with E-state index in [4.69, 9.17) is 0 Å². The summed E-state index contributed by atoms with van der Waals surface area (Å²) < 4.78 is 2.74. The molecule has 0 radical (unpaired) electrons. The lowest BCUT2D eigenvalue weighted by molar-refractivity contribution is -0.114. The first-order chi connectivity index (χ1) is 12.5. The van der Waals surface area contributed by atoms with Gasteiger partial charge in [0.2, 0.25) is 5.91 Å². The molecule has 0 aliphatic carbocycles. The van der Waals surface area contributed by atoms with Crippen molar-refractivity contribution in [2.75, 3.05) is 10.6 Å². The Morgan fingerprint density at radius 2 is 1.96 bits per heavy atom. The van der Waals surface area contributed by atoms with Crippen LogP contribution in [0.4, 0.5) is 10.8 Å². The first kappa shape index (κ1) is 16.2. The van der Waals surface area contributed by atoms with Crippen molar-refractivity contribution in [2.45, 2.75) is 13.8 Å². The minimum atomic E-state index is -0.311. The second-order valence-electron chi connectivity index (χ2n) is 5.86. The van der Waals surface area contributed by atoms with E-state index in [1.165, 1.54) is 18.3 Å². The van der Waals surface area contributed by atoms with E-state index in [0.29, 0.717) is 16.5 Å². The Hall–Kier alpha value is -3.26. The number of amides is 2. The Morgan fingerprint density at radius 1 is 1.12 bits per heavy atom. The molecule has 130 valence electrons. The van der Waals surface area contributed by atoms with Gasteiger partial charge in [0, 0.05) is 24.5 Å². The first-order valence-corrected chi connectivity index (χ1v) is 8.75. The number of nitrogens with zero attached hydrogens (tertiary/aromatic N) is 3. The molecule has 2 N–H and O–H groups in total. The summed E-state index contributed by atoms with van der Waals surface area (Å²) in [4.78, 5) is 32.4. The zero-order valence-electron chi connectivity index (χ0n) is 14.1. The monoisotopic (exact) mass is 365 g/mol. The zero-order valence-corrected chi connectivity index (χ0v) is 14.9. The first-order valence-electron chi connectivity index (χ1n) is 7.94. The van der Waals surface area contributed by atoms with Crippen molar-refractivity contribution in [3.05, 3.63) is 54.0 Å². The molecule has 0 aliphatic rings. The number of aryl methyl sites for hydroxylation is 1. The minimum Gasteiger partial charge on any atom is -0.326 e. The summed E-state index contributed by atoms with van der Waals surface area (Å²) in [5.41, 5.74) is 3.50. The van der Waals surface area contributed by atoms with Gasteiger partial charge in [-0.25, -0.2) is 9.97 Å². The lowest BCUT2D eigenvalue weighted by atomic mass is 10.3. The number of thiazole rings is 1. The van der Waals surface area contributed by atoms with Crippen LogP contribution >= 0.6 is 11.3 Å². The highest BCUT2D eigenvalue weighted by molar-refractivity contribution is 7.22. The molecule has 0 saturated heterocycles. The molecule has 8 heteroatoms. The molecule has 0 saturated carbocycles. The van der Waals surface area contributed by atoms with Crippen LogP contribution in [-0.4, -0.2) is 26.2 Å². The van der Waals surface area contributed by atoms with E-state index in [0.717, 1.165) is 21.6 Å². The van der Waals surface area contributed by atoms with Crippen LogP contribution in [0.1, 0.15) is 23.1 Å². The average molecular weight is 365 g/mol. The largest absolute Gasteiger partial charge is 0.326 e. The number of benzene rings is 1. The number of fused-ring (bicyclic) bond motifs is 2. The number of carbonyl (C=O) groups excluding carboxylic acids is 2. The van der Waals surface area contributed by atoms with Crippen LogP contribution in [0.15, 0.2) is 42.6 Å². The molecule has 0 aliphatic heterocycles. The third-order valence-corrected chi connectivity index (χ3v) is 4.79. The van der Waals surface area contributed by atoms with Crippen molar-refractivity contribution in [3.8, 4) is 0 Å². The topological polar surface area (TPSA) is 88.4 Å². The summed E-state index contributed by atoms with van der Waals surface area (Å²) in [7, 11) is 0. The van der Waals surface area contributed by atoms with E-state index in [-0.39, 0.29) is 11.8 Å². The van der Waals surface area contributed by atoms with E-state index in [1.807, 2.05) is 35.6 Å². The van der Waals surface area contributed by atoms with Crippen LogP contribution in [0, 0.1) is 6.92 Å². The van der Waals surface area contributed by atoms with E-state index < -0.39 is 0 Å². The summed E-state index contributed by atoms with van der Waals surface area (Å²) in [6.45, 7) is 3.41. The van der Waals surface area contributed by atoms with Crippen molar-refractivity contribution < 1.29 is 9.59 Å². The Labute approximate surface area is 152 Å². The van der Waals surface area contributed by atoms with Crippen LogP contribution in [-0.2, 0) is 4.79 Å². The predicted molar refractivity (Wildman–Crippen MR) is 102 cm³/mol. The number of pyridine rings is 1.